The van der Waals surface area contributed by atoms with E-state index in [1.807, 2.05) is 37.3 Å². The van der Waals surface area contributed by atoms with E-state index in [4.69, 9.17) is 18.9 Å². The maximum absolute atomic E-state index is 12.9. The molecule has 0 saturated heterocycles. The fourth-order valence-electron chi connectivity index (χ4n) is 3.75. The van der Waals surface area contributed by atoms with Gasteiger partial charge in [-0.2, -0.15) is 0 Å². The third kappa shape index (κ3) is 5.84. The molecule has 8 heteroatoms. The van der Waals surface area contributed by atoms with Crippen LogP contribution in [0.3, 0.4) is 0 Å². The summed E-state index contributed by atoms with van der Waals surface area (Å²) in [4.78, 5) is 27.0. The lowest BCUT2D eigenvalue weighted by molar-refractivity contribution is -0.125. The van der Waals surface area contributed by atoms with E-state index in [9.17, 15) is 9.59 Å². The number of carbonyl (C=O) groups is 2. The van der Waals surface area contributed by atoms with Crippen LogP contribution in [0.5, 0.6) is 23.0 Å². The predicted octanol–water partition coefficient (Wildman–Crippen LogP) is 4.21. The van der Waals surface area contributed by atoms with Gasteiger partial charge in [-0.1, -0.05) is 24.3 Å². The van der Waals surface area contributed by atoms with Crippen LogP contribution in [0.1, 0.15) is 12.5 Å². The molecule has 4 rings (SSSR count). The number of rotatable bonds is 9. The zero-order valence-electron chi connectivity index (χ0n) is 19.9. The van der Waals surface area contributed by atoms with E-state index in [0.717, 1.165) is 11.3 Å². The van der Waals surface area contributed by atoms with E-state index < -0.39 is 6.10 Å². The Morgan fingerprint density at radius 2 is 1.83 bits per heavy atom. The third-order valence-corrected chi connectivity index (χ3v) is 5.45. The molecule has 3 aromatic rings. The number of amides is 2. The number of para-hydroxylation sites is 2. The Balaban J connectivity index is 1.42. The first-order valence-electron chi connectivity index (χ1n) is 11.3. The number of methoxy groups -OCH3 is 1. The average Bonchev–Trinajstić information content (AvgIpc) is 2.85. The van der Waals surface area contributed by atoms with E-state index >= 15 is 0 Å². The minimum atomic E-state index is -0.615. The van der Waals surface area contributed by atoms with Crippen LogP contribution < -0.4 is 29.2 Å². The molecule has 8 nitrogen and oxygen atoms in total. The summed E-state index contributed by atoms with van der Waals surface area (Å²) in [5.41, 5.74) is 2.19. The van der Waals surface area contributed by atoms with Gasteiger partial charge in [-0.3, -0.25) is 9.59 Å². The molecule has 2 amide bonds. The number of aryl methyl sites for hydroxylation is 1. The number of anilines is 2. The van der Waals surface area contributed by atoms with Crippen molar-refractivity contribution in [1.29, 1.82) is 0 Å². The van der Waals surface area contributed by atoms with Gasteiger partial charge >= 0.3 is 0 Å². The smallest absolute Gasteiger partial charge is 0.267 e. The highest BCUT2D eigenvalue weighted by molar-refractivity contribution is 6.01. The number of nitrogens with one attached hydrogen (secondary N) is 1. The van der Waals surface area contributed by atoms with Crippen molar-refractivity contribution in [2.24, 2.45) is 0 Å². The summed E-state index contributed by atoms with van der Waals surface area (Å²) in [7, 11) is 1.54. The summed E-state index contributed by atoms with van der Waals surface area (Å²) in [6.07, 6.45) is -0.615. The monoisotopic (exact) mass is 476 g/mol. The van der Waals surface area contributed by atoms with Gasteiger partial charge in [0.2, 0.25) is 0 Å². The fourth-order valence-corrected chi connectivity index (χ4v) is 3.75. The summed E-state index contributed by atoms with van der Waals surface area (Å²) in [6.45, 7) is 4.16. The van der Waals surface area contributed by atoms with Crippen molar-refractivity contribution in [3.8, 4) is 23.0 Å². The summed E-state index contributed by atoms with van der Waals surface area (Å²) in [5, 5.41) is 2.81. The maximum atomic E-state index is 12.9. The van der Waals surface area contributed by atoms with Crippen LogP contribution in [-0.2, 0) is 9.59 Å². The van der Waals surface area contributed by atoms with Crippen LogP contribution in [0.2, 0.25) is 0 Å². The van der Waals surface area contributed by atoms with Crippen molar-refractivity contribution in [3.63, 3.8) is 0 Å². The first-order chi connectivity index (χ1) is 16.9. The summed E-state index contributed by atoms with van der Waals surface area (Å²) in [5.74, 6) is 1.81. The maximum Gasteiger partial charge on any atom is 0.267 e. The number of nitrogens with zero attached hydrogens (tertiary/aromatic N) is 1. The van der Waals surface area contributed by atoms with Crippen LogP contribution in [0, 0.1) is 6.92 Å². The Morgan fingerprint density at radius 1 is 1.03 bits per heavy atom. The Hall–Kier alpha value is -4.20. The Bertz CT molecular complexity index is 1210. The first-order valence-corrected chi connectivity index (χ1v) is 11.3. The molecule has 1 atom stereocenters. The van der Waals surface area contributed by atoms with Gasteiger partial charge in [0.25, 0.3) is 11.8 Å². The minimum Gasteiger partial charge on any atom is -0.493 e. The molecule has 182 valence electrons. The number of hydrogen-bond donors (Lipinski definition) is 1. The molecule has 1 aliphatic rings. The lowest BCUT2D eigenvalue weighted by Crippen LogP contribution is -2.46. The molecular formula is C27H28N2O6. The van der Waals surface area contributed by atoms with Crippen molar-refractivity contribution >= 4 is 23.2 Å². The molecule has 1 heterocycles. The highest BCUT2D eigenvalue weighted by Crippen LogP contribution is 2.36. The van der Waals surface area contributed by atoms with E-state index in [0.29, 0.717) is 41.8 Å². The van der Waals surface area contributed by atoms with E-state index in [-0.39, 0.29) is 18.4 Å². The molecule has 0 fully saturated rings. The van der Waals surface area contributed by atoms with Gasteiger partial charge in [0.15, 0.2) is 24.2 Å². The molecule has 0 saturated carbocycles. The third-order valence-electron chi connectivity index (χ3n) is 5.45. The number of benzene rings is 3. The SMILES string of the molecule is COc1ccccc1OCC(=O)Nc1ccc2c(c1)N(CCOc1cccc(C)c1)C(=O)C(C)O2. The van der Waals surface area contributed by atoms with E-state index in [1.54, 1.807) is 48.2 Å². The molecule has 0 spiro atoms. The van der Waals surface area contributed by atoms with Crippen LogP contribution in [0.25, 0.3) is 0 Å². The van der Waals surface area contributed by atoms with Crippen LogP contribution >= 0.6 is 0 Å². The zero-order valence-corrected chi connectivity index (χ0v) is 19.9. The number of ether oxygens (including phenoxy) is 4. The lowest BCUT2D eigenvalue weighted by atomic mass is 10.1. The normalized spacial score (nSPS) is 14.5. The Morgan fingerprint density at radius 3 is 2.60 bits per heavy atom. The molecule has 0 aromatic heterocycles. The molecule has 35 heavy (non-hydrogen) atoms. The first kappa shape index (κ1) is 23.9. The number of fused-ring (bicyclic) bond motifs is 1. The van der Waals surface area contributed by atoms with Gasteiger partial charge in [0.05, 0.1) is 19.3 Å². The molecule has 0 radical (unpaired) electrons. The summed E-state index contributed by atoms with van der Waals surface area (Å²) >= 11 is 0. The number of hydrogen-bond acceptors (Lipinski definition) is 6. The molecule has 1 unspecified atom stereocenters. The number of carbonyl (C=O) groups excluding carboxylic acids is 2. The van der Waals surface area contributed by atoms with Gasteiger partial charge in [-0.15, -0.1) is 0 Å². The Kier molecular flexibility index (Phi) is 7.40. The molecule has 0 aliphatic carbocycles. The van der Waals surface area contributed by atoms with E-state index in [2.05, 4.69) is 5.32 Å². The van der Waals surface area contributed by atoms with Crippen molar-refractivity contribution in [1.82, 2.24) is 0 Å². The van der Waals surface area contributed by atoms with Crippen LogP contribution in [0.15, 0.2) is 66.7 Å². The summed E-state index contributed by atoms with van der Waals surface area (Å²) in [6, 6.07) is 20.0. The predicted molar refractivity (Wildman–Crippen MR) is 133 cm³/mol. The standard InChI is InChI=1S/C27H28N2O6/c1-18-7-6-8-21(15-18)33-14-13-29-22-16-20(11-12-23(22)35-19(2)27(29)31)28-26(30)17-34-25-10-5-4-9-24(25)32-3/h4-12,15-16,19H,13-14,17H2,1-3H3,(H,28,30). The Labute approximate surface area is 204 Å². The van der Waals surface area contributed by atoms with Gasteiger partial charge in [-0.25, -0.2) is 0 Å². The van der Waals surface area contributed by atoms with Gasteiger partial charge in [-0.05, 0) is 61.9 Å². The summed E-state index contributed by atoms with van der Waals surface area (Å²) < 4.78 is 22.4. The van der Waals surface area contributed by atoms with Crippen molar-refractivity contribution < 1.29 is 28.5 Å². The second-order valence-electron chi connectivity index (χ2n) is 8.09. The second-order valence-corrected chi connectivity index (χ2v) is 8.09. The topological polar surface area (TPSA) is 86.3 Å². The zero-order chi connectivity index (χ0) is 24.8. The average molecular weight is 477 g/mol. The van der Waals surface area contributed by atoms with Crippen LogP contribution in [0.4, 0.5) is 11.4 Å². The van der Waals surface area contributed by atoms with Crippen molar-refractivity contribution in [2.75, 3.05) is 37.1 Å². The van der Waals surface area contributed by atoms with Crippen molar-refractivity contribution in [2.45, 2.75) is 20.0 Å². The largest absolute Gasteiger partial charge is 0.493 e. The van der Waals surface area contributed by atoms with Gasteiger partial charge < -0.3 is 29.2 Å². The molecule has 1 aliphatic heterocycles. The lowest BCUT2D eigenvalue weighted by Gasteiger charge is -2.33. The molecular weight excluding hydrogens is 448 g/mol. The molecule has 3 aromatic carbocycles. The fraction of sp³-hybridized carbons (Fsp3) is 0.259. The highest BCUT2D eigenvalue weighted by Gasteiger charge is 2.31. The van der Waals surface area contributed by atoms with E-state index in [1.165, 1.54) is 7.11 Å². The minimum absolute atomic E-state index is 0.173. The van der Waals surface area contributed by atoms with Gasteiger partial charge in [0, 0.05) is 5.69 Å². The quantitative estimate of drug-likeness (QED) is 0.498. The van der Waals surface area contributed by atoms with Crippen molar-refractivity contribution in [3.05, 3.63) is 72.3 Å². The second kappa shape index (κ2) is 10.8. The van der Waals surface area contributed by atoms with Crippen LogP contribution in [-0.4, -0.2) is 44.8 Å². The molecule has 0 bridgehead atoms. The molecule has 1 N–H and O–H groups in total. The van der Waals surface area contributed by atoms with Gasteiger partial charge in [0.1, 0.15) is 18.1 Å². The highest BCUT2D eigenvalue weighted by atomic mass is 16.5.